The number of nitrogens with one attached hydrogen (secondary N) is 3. The highest BCUT2D eigenvalue weighted by molar-refractivity contribution is 6.05. The largest absolute Gasteiger partial charge is 0.487 e. The average Bonchev–Trinajstić information content (AvgIpc) is 3.07. The Labute approximate surface area is 209 Å². The van der Waals surface area contributed by atoms with Gasteiger partial charge in [-0.05, 0) is 47.1 Å². The fraction of sp³-hybridized carbons (Fsp3) is 0.560. The molecule has 3 aliphatic heterocycles. The van der Waals surface area contributed by atoms with E-state index in [0.717, 1.165) is 5.56 Å². The van der Waals surface area contributed by atoms with Gasteiger partial charge in [-0.1, -0.05) is 6.07 Å². The minimum atomic E-state index is -0.732. The van der Waals surface area contributed by atoms with Crippen molar-refractivity contribution < 1.29 is 33.4 Å². The number of nitrogens with zero attached hydrogens (tertiary/aromatic N) is 1. The van der Waals surface area contributed by atoms with E-state index in [4.69, 9.17) is 9.47 Å². The van der Waals surface area contributed by atoms with Crippen molar-refractivity contribution in [1.29, 1.82) is 0 Å². The second-order valence-electron chi connectivity index (χ2n) is 11.0. The van der Waals surface area contributed by atoms with Crippen molar-refractivity contribution in [3.05, 3.63) is 28.8 Å². The van der Waals surface area contributed by atoms with Crippen LogP contribution in [0.25, 0.3) is 0 Å². The molecule has 5 amide bonds. The molecule has 1 fully saturated rings. The summed E-state index contributed by atoms with van der Waals surface area (Å²) in [7, 11) is 0. The number of amides is 5. The molecule has 3 heterocycles. The maximum atomic E-state index is 13.2. The topological polar surface area (TPSA) is 143 Å². The van der Waals surface area contributed by atoms with Gasteiger partial charge in [0.05, 0.1) is 12.6 Å². The first-order valence-corrected chi connectivity index (χ1v) is 12.0. The molecule has 1 aromatic rings. The predicted molar refractivity (Wildman–Crippen MR) is 127 cm³/mol. The molecule has 0 saturated carbocycles. The zero-order valence-electron chi connectivity index (χ0n) is 21.1. The van der Waals surface area contributed by atoms with Gasteiger partial charge in [0.2, 0.25) is 17.7 Å². The number of piperidine rings is 1. The standard InChI is InChI=1S/C25H32N4O7/c1-24(2,3)36-23(34)26-11-19(31)27-16-10-25(4,5)35-20-14(16)7-6-13-15(20)12-29(22(13)33)17-8-9-18(30)28-21(17)32/h6-7,16-17H,8-12H2,1-5H3,(H,26,34)(H,27,31)(H,28,30,32). The summed E-state index contributed by atoms with van der Waals surface area (Å²) >= 11 is 0. The molecule has 2 unspecified atom stereocenters. The quantitative estimate of drug-likeness (QED) is 0.534. The van der Waals surface area contributed by atoms with Gasteiger partial charge in [0, 0.05) is 29.5 Å². The molecule has 3 N–H and O–H groups in total. The van der Waals surface area contributed by atoms with Crippen molar-refractivity contribution in [3.8, 4) is 5.75 Å². The molecular weight excluding hydrogens is 468 g/mol. The Hall–Kier alpha value is -3.63. The van der Waals surface area contributed by atoms with Crippen LogP contribution in [0.2, 0.25) is 0 Å². The summed E-state index contributed by atoms with van der Waals surface area (Å²) in [5.74, 6) is -1.00. The smallest absolute Gasteiger partial charge is 0.408 e. The average molecular weight is 501 g/mol. The first kappa shape index (κ1) is 25.5. The number of carbonyl (C=O) groups excluding carboxylic acids is 5. The fourth-order valence-corrected chi connectivity index (χ4v) is 4.79. The fourth-order valence-electron chi connectivity index (χ4n) is 4.79. The number of fused-ring (bicyclic) bond motifs is 3. The monoisotopic (exact) mass is 500 g/mol. The van der Waals surface area contributed by atoms with Crippen molar-refractivity contribution in [2.75, 3.05) is 6.54 Å². The van der Waals surface area contributed by atoms with Crippen molar-refractivity contribution in [2.24, 2.45) is 0 Å². The molecule has 2 atom stereocenters. The van der Waals surface area contributed by atoms with Crippen molar-refractivity contribution in [3.63, 3.8) is 0 Å². The van der Waals surface area contributed by atoms with E-state index in [-0.39, 0.29) is 37.7 Å². The van der Waals surface area contributed by atoms with Crippen LogP contribution in [0.5, 0.6) is 5.75 Å². The Bertz CT molecular complexity index is 1140. The van der Waals surface area contributed by atoms with Gasteiger partial charge < -0.3 is 25.0 Å². The van der Waals surface area contributed by atoms with E-state index in [1.165, 1.54) is 4.90 Å². The number of carbonyl (C=O) groups is 5. The zero-order chi connectivity index (χ0) is 26.4. The van der Waals surface area contributed by atoms with Gasteiger partial charge in [-0.15, -0.1) is 0 Å². The second-order valence-corrected chi connectivity index (χ2v) is 11.0. The van der Waals surface area contributed by atoms with Crippen LogP contribution < -0.4 is 20.7 Å². The van der Waals surface area contributed by atoms with E-state index in [1.54, 1.807) is 32.9 Å². The highest BCUT2D eigenvalue weighted by Gasteiger charge is 2.43. The summed E-state index contributed by atoms with van der Waals surface area (Å²) in [6.07, 6.45) is 0.225. The van der Waals surface area contributed by atoms with E-state index >= 15 is 0 Å². The molecule has 0 bridgehead atoms. The van der Waals surface area contributed by atoms with Crippen LogP contribution in [-0.2, 0) is 25.7 Å². The Morgan fingerprint density at radius 2 is 1.94 bits per heavy atom. The molecule has 11 heteroatoms. The number of imide groups is 1. The molecule has 36 heavy (non-hydrogen) atoms. The lowest BCUT2D eigenvalue weighted by atomic mass is 9.87. The first-order valence-electron chi connectivity index (χ1n) is 12.0. The third-order valence-corrected chi connectivity index (χ3v) is 6.27. The van der Waals surface area contributed by atoms with Gasteiger partial charge in [0.15, 0.2) is 0 Å². The number of rotatable bonds is 4. The molecule has 11 nitrogen and oxygen atoms in total. The van der Waals surface area contributed by atoms with Crippen LogP contribution in [0.3, 0.4) is 0 Å². The minimum Gasteiger partial charge on any atom is -0.487 e. The van der Waals surface area contributed by atoms with Gasteiger partial charge >= 0.3 is 6.09 Å². The molecule has 194 valence electrons. The van der Waals surface area contributed by atoms with E-state index in [2.05, 4.69) is 16.0 Å². The summed E-state index contributed by atoms with van der Waals surface area (Å²) in [4.78, 5) is 63.1. The molecule has 3 aliphatic rings. The van der Waals surface area contributed by atoms with Gasteiger partial charge in [-0.2, -0.15) is 0 Å². The van der Waals surface area contributed by atoms with Crippen LogP contribution in [0.1, 0.15) is 81.4 Å². The Morgan fingerprint density at radius 3 is 2.61 bits per heavy atom. The Balaban J connectivity index is 1.52. The number of hydrogen-bond donors (Lipinski definition) is 3. The maximum Gasteiger partial charge on any atom is 0.408 e. The van der Waals surface area contributed by atoms with Gasteiger partial charge in [-0.25, -0.2) is 4.79 Å². The van der Waals surface area contributed by atoms with Crippen LogP contribution in [-0.4, -0.2) is 58.4 Å². The number of hydrogen-bond acceptors (Lipinski definition) is 7. The molecule has 4 rings (SSSR count). The van der Waals surface area contributed by atoms with Crippen LogP contribution >= 0.6 is 0 Å². The maximum absolute atomic E-state index is 13.2. The molecule has 1 aromatic carbocycles. The summed E-state index contributed by atoms with van der Waals surface area (Å²) in [5.41, 5.74) is 0.485. The minimum absolute atomic E-state index is 0.167. The zero-order valence-corrected chi connectivity index (χ0v) is 21.1. The van der Waals surface area contributed by atoms with E-state index < -0.39 is 41.2 Å². The second kappa shape index (κ2) is 9.11. The Kier molecular flexibility index (Phi) is 6.44. The van der Waals surface area contributed by atoms with Crippen LogP contribution in [0, 0.1) is 0 Å². The highest BCUT2D eigenvalue weighted by atomic mass is 16.6. The van der Waals surface area contributed by atoms with Crippen molar-refractivity contribution >= 4 is 29.7 Å². The number of ether oxygens (including phenoxy) is 2. The summed E-state index contributed by atoms with van der Waals surface area (Å²) in [5, 5.41) is 7.70. The summed E-state index contributed by atoms with van der Waals surface area (Å²) in [6, 6.07) is 2.29. The Morgan fingerprint density at radius 1 is 1.22 bits per heavy atom. The van der Waals surface area contributed by atoms with E-state index in [0.29, 0.717) is 23.3 Å². The molecular formula is C25H32N4O7. The third-order valence-electron chi connectivity index (χ3n) is 6.27. The molecule has 0 spiro atoms. The molecule has 0 aromatic heterocycles. The highest BCUT2D eigenvalue weighted by Crippen LogP contribution is 2.45. The van der Waals surface area contributed by atoms with Crippen LogP contribution in [0.4, 0.5) is 4.79 Å². The first-order chi connectivity index (χ1) is 16.7. The van der Waals surface area contributed by atoms with E-state index in [9.17, 15) is 24.0 Å². The normalized spacial score (nSPS) is 22.7. The van der Waals surface area contributed by atoms with Crippen molar-refractivity contribution in [1.82, 2.24) is 20.9 Å². The number of benzene rings is 1. The van der Waals surface area contributed by atoms with Gasteiger partial charge in [0.25, 0.3) is 5.91 Å². The number of alkyl carbamates (subject to hydrolysis) is 1. The van der Waals surface area contributed by atoms with Gasteiger partial charge in [0.1, 0.15) is 29.5 Å². The van der Waals surface area contributed by atoms with Gasteiger partial charge in [-0.3, -0.25) is 24.5 Å². The lowest BCUT2D eigenvalue weighted by Crippen LogP contribution is -2.52. The van der Waals surface area contributed by atoms with Crippen molar-refractivity contribution in [2.45, 2.75) is 83.7 Å². The lowest BCUT2D eigenvalue weighted by Gasteiger charge is -2.39. The molecule has 1 saturated heterocycles. The molecule has 0 radical (unpaired) electrons. The predicted octanol–water partition coefficient (Wildman–Crippen LogP) is 1.69. The van der Waals surface area contributed by atoms with Crippen LogP contribution in [0.15, 0.2) is 12.1 Å². The molecule has 0 aliphatic carbocycles. The third kappa shape index (κ3) is 5.29. The summed E-state index contributed by atoms with van der Waals surface area (Å²) in [6.45, 7) is 8.90. The summed E-state index contributed by atoms with van der Waals surface area (Å²) < 4.78 is 11.4. The lowest BCUT2D eigenvalue weighted by molar-refractivity contribution is -0.137. The van der Waals surface area contributed by atoms with E-state index in [1.807, 2.05) is 13.8 Å². The SMILES string of the molecule is CC(C)(C)OC(=O)NCC(=O)NC1CC(C)(C)Oc2c1ccc1c2CN(C2CCC(=O)NC2=O)C1=O.